The van der Waals surface area contributed by atoms with Gasteiger partial charge in [-0.2, -0.15) is 4.37 Å². The number of rotatable bonds is 3. The van der Waals surface area contributed by atoms with Crippen molar-refractivity contribution in [3.8, 4) is 11.1 Å². The van der Waals surface area contributed by atoms with Gasteiger partial charge >= 0.3 is 0 Å². The summed E-state index contributed by atoms with van der Waals surface area (Å²) in [6.45, 7) is 0. The molecular formula is C14H18N4OS. The molecular weight excluding hydrogens is 272 g/mol. The lowest BCUT2D eigenvalue weighted by atomic mass is 9.93. The predicted octanol–water partition coefficient (Wildman–Crippen LogP) is 2.50. The SMILES string of the molecule is Nc1nsc(NC2CCC(O)CC2)c1-c1ccncc1. The summed E-state index contributed by atoms with van der Waals surface area (Å²) in [6, 6.07) is 4.27. The second kappa shape index (κ2) is 5.76. The molecule has 1 saturated carbocycles. The lowest BCUT2D eigenvalue weighted by molar-refractivity contribution is 0.126. The zero-order chi connectivity index (χ0) is 13.9. The average molecular weight is 290 g/mol. The molecule has 0 saturated heterocycles. The van der Waals surface area contributed by atoms with Crippen molar-refractivity contribution >= 4 is 22.4 Å². The quantitative estimate of drug-likeness (QED) is 0.809. The molecule has 2 heterocycles. The molecule has 0 amide bonds. The number of nitrogen functional groups attached to an aromatic ring is 1. The summed E-state index contributed by atoms with van der Waals surface area (Å²) < 4.78 is 4.26. The van der Waals surface area contributed by atoms with Gasteiger partial charge in [-0.05, 0) is 54.9 Å². The molecule has 0 radical (unpaired) electrons. The van der Waals surface area contributed by atoms with Gasteiger partial charge in [-0.1, -0.05) is 0 Å². The van der Waals surface area contributed by atoms with Crippen molar-refractivity contribution in [2.45, 2.75) is 37.8 Å². The van der Waals surface area contributed by atoms with E-state index in [1.165, 1.54) is 11.5 Å². The van der Waals surface area contributed by atoms with Crippen LogP contribution in [0.4, 0.5) is 10.8 Å². The smallest absolute Gasteiger partial charge is 0.147 e. The van der Waals surface area contributed by atoms with Crippen LogP contribution in [-0.2, 0) is 0 Å². The summed E-state index contributed by atoms with van der Waals surface area (Å²) in [4.78, 5) is 4.03. The molecule has 2 aromatic rings. The summed E-state index contributed by atoms with van der Waals surface area (Å²) in [6.07, 6.45) is 7.05. The largest absolute Gasteiger partial charge is 0.393 e. The Morgan fingerprint density at radius 3 is 2.60 bits per heavy atom. The molecule has 6 heteroatoms. The molecule has 0 unspecified atom stereocenters. The van der Waals surface area contributed by atoms with Crippen LogP contribution in [0.2, 0.25) is 0 Å². The van der Waals surface area contributed by atoms with Crippen LogP contribution in [0.25, 0.3) is 11.1 Å². The molecule has 1 fully saturated rings. The fourth-order valence-electron chi connectivity index (χ4n) is 2.60. The lowest BCUT2D eigenvalue weighted by Gasteiger charge is -2.26. The van der Waals surface area contributed by atoms with E-state index in [2.05, 4.69) is 14.7 Å². The molecule has 0 spiro atoms. The monoisotopic (exact) mass is 290 g/mol. The van der Waals surface area contributed by atoms with Crippen LogP contribution < -0.4 is 11.1 Å². The molecule has 2 aromatic heterocycles. The van der Waals surface area contributed by atoms with E-state index in [0.717, 1.165) is 41.8 Å². The molecule has 20 heavy (non-hydrogen) atoms. The number of hydrogen-bond acceptors (Lipinski definition) is 6. The van der Waals surface area contributed by atoms with E-state index in [4.69, 9.17) is 5.73 Å². The van der Waals surface area contributed by atoms with Gasteiger partial charge in [-0.25, -0.2) is 0 Å². The molecule has 0 aliphatic heterocycles. The van der Waals surface area contributed by atoms with Crippen LogP contribution in [0.1, 0.15) is 25.7 Å². The molecule has 0 bridgehead atoms. The summed E-state index contributed by atoms with van der Waals surface area (Å²) >= 11 is 1.40. The van der Waals surface area contributed by atoms with Crippen LogP contribution in [0.5, 0.6) is 0 Å². The Bertz CT molecular complexity index is 564. The lowest BCUT2D eigenvalue weighted by Crippen LogP contribution is -2.28. The molecule has 4 N–H and O–H groups in total. The Morgan fingerprint density at radius 1 is 1.20 bits per heavy atom. The number of aromatic nitrogens is 2. The summed E-state index contributed by atoms with van der Waals surface area (Å²) in [5.74, 6) is 0.555. The maximum atomic E-state index is 9.57. The predicted molar refractivity (Wildman–Crippen MR) is 81.6 cm³/mol. The highest BCUT2D eigenvalue weighted by Crippen LogP contribution is 2.37. The highest BCUT2D eigenvalue weighted by atomic mass is 32.1. The Morgan fingerprint density at radius 2 is 1.90 bits per heavy atom. The fourth-order valence-corrected chi connectivity index (χ4v) is 3.42. The number of nitrogens with one attached hydrogen (secondary N) is 1. The van der Waals surface area contributed by atoms with Gasteiger partial charge in [0.15, 0.2) is 0 Å². The number of nitrogens with two attached hydrogens (primary N) is 1. The topological polar surface area (TPSA) is 84.1 Å². The number of anilines is 2. The fraction of sp³-hybridized carbons (Fsp3) is 0.429. The van der Waals surface area contributed by atoms with Crippen LogP contribution in [-0.4, -0.2) is 26.6 Å². The van der Waals surface area contributed by atoms with Crippen molar-refractivity contribution in [1.29, 1.82) is 0 Å². The third kappa shape index (κ3) is 2.76. The Labute approximate surface area is 122 Å². The first-order valence-electron chi connectivity index (χ1n) is 6.84. The van der Waals surface area contributed by atoms with Gasteiger partial charge in [0.05, 0.1) is 11.7 Å². The van der Waals surface area contributed by atoms with E-state index in [1.807, 2.05) is 12.1 Å². The number of aliphatic hydroxyl groups is 1. The first-order valence-corrected chi connectivity index (χ1v) is 7.61. The van der Waals surface area contributed by atoms with Crippen LogP contribution >= 0.6 is 11.5 Å². The summed E-state index contributed by atoms with van der Waals surface area (Å²) in [5, 5.41) is 14.1. The highest BCUT2D eigenvalue weighted by Gasteiger charge is 2.22. The van der Waals surface area contributed by atoms with Crippen molar-refractivity contribution in [3.05, 3.63) is 24.5 Å². The van der Waals surface area contributed by atoms with E-state index in [9.17, 15) is 5.11 Å². The second-order valence-electron chi connectivity index (χ2n) is 5.16. The Balaban J connectivity index is 1.81. The Kier molecular flexibility index (Phi) is 3.84. The van der Waals surface area contributed by atoms with Gasteiger partial charge in [-0.15, -0.1) is 0 Å². The maximum Gasteiger partial charge on any atom is 0.147 e. The zero-order valence-corrected chi connectivity index (χ0v) is 11.9. The standard InChI is InChI=1S/C14H18N4OS/c15-13-12(9-5-7-16-8-6-9)14(20-18-13)17-10-1-3-11(19)4-2-10/h5-8,10-11,17,19H,1-4H2,(H2,15,18). The van der Waals surface area contributed by atoms with Crippen molar-refractivity contribution in [2.24, 2.45) is 0 Å². The Hall–Kier alpha value is -1.66. The van der Waals surface area contributed by atoms with Crippen LogP contribution in [0, 0.1) is 0 Å². The first-order chi connectivity index (χ1) is 9.74. The van der Waals surface area contributed by atoms with Crippen LogP contribution in [0.15, 0.2) is 24.5 Å². The van der Waals surface area contributed by atoms with Crippen LogP contribution in [0.3, 0.4) is 0 Å². The van der Waals surface area contributed by atoms with Gasteiger partial charge in [0, 0.05) is 18.4 Å². The van der Waals surface area contributed by atoms with Crippen molar-refractivity contribution in [3.63, 3.8) is 0 Å². The van der Waals surface area contributed by atoms with E-state index in [1.54, 1.807) is 12.4 Å². The molecule has 106 valence electrons. The zero-order valence-electron chi connectivity index (χ0n) is 11.1. The highest BCUT2D eigenvalue weighted by molar-refractivity contribution is 7.11. The third-order valence-electron chi connectivity index (χ3n) is 3.72. The van der Waals surface area contributed by atoms with E-state index >= 15 is 0 Å². The van der Waals surface area contributed by atoms with E-state index < -0.39 is 0 Å². The molecule has 1 aliphatic carbocycles. The third-order valence-corrected chi connectivity index (χ3v) is 4.51. The number of nitrogens with zero attached hydrogens (tertiary/aromatic N) is 2. The number of pyridine rings is 1. The van der Waals surface area contributed by atoms with Gasteiger partial charge in [-0.3, -0.25) is 4.98 Å². The van der Waals surface area contributed by atoms with Crippen molar-refractivity contribution < 1.29 is 5.11 Å². The van der Waals surface area contributed by atoms with Gasteiger partial charge in [0.25, 0.3) is 0 Å². The van der Waals surface area contributed by atoms with Gasteiger partial charge in [0.2, 0.25) is 0 Å². The summed E-state index contributed by atoms with van der Waals surface area (Å²) in [5.41, 5.74) is 7.99. The maximum absolute atomic E-state index is 9.57. The summed E-state index contributed by atoms with van der Waals surface area (Å²) in [7, 11) is 0. The van der Waals surface area contributed by atoms with Crippen molar-refractivity contribution in [1.82, 2.24) is 9.36 Å². The average Bonchev–Trinajstić information content (AvgIpc) is 2.83. The minimum atomic E-state index is -0.140. The van der Waals surface area contributed by atoms with Gasteiger partial charge < -0.3 is 16.2 Å². The molecule has 0 aromatic carbocycles. The first kappa shape index (κ1) is 13.3. The van der Waals surface area contributed by atoms with Crippen molar-refractivity contribution in [2.75, 3.05) is 11.1 Å². The van der Waals surface area contributed by atoms with E-state index in [0.29, 0.717) is 11.9 Å². The second-order valence-corrected chi connectivity index (χ2v) is 5.93. The molecule has 1 aliphatic rings. The van der Waals surface area contributed by atoms with E-state index in [-0.39, 0.29) is 6.10 Å². The number of aliphatic hydroxyl groups excluding tert-OH is 1. The molecule has 5 nitrogen and oxygen atoms in total. The number of hydrogen-bond donors (Lipinski definition) is 3. The minimum Gasteiger partial charge on any atom is -0.393 e. The molecule has 3 rings (SSSR count). The minimum absolute atomic E-state index is 0.140. The van der Waals surface area contributed by atoms with Gasteiger partial charge in [0.1, 0.15) is 10.8 Å². The molecule has 0 atom stereocenters. The normalized spacial score (nSPS) is 22.6.